The minimum atomic E-state index is -0.158. The van der Waals surface area contributed by atoms with Crippen LogP contribution in [0.2, 0.25) is 0 Å². The lowest BCUT2D eigenvalue weighted by Gasteiger charge is -2.26. The Kier molecular flexibility index (Phi) is 4.27. The fourth-order valence-corrected chi connectivity index (χ4v) is 2.16. The van der Waals surface area contributed by atoms with E-state index >= 15 is 0 Å². The maximum absolute atomic E-state index is 5.85. The van der Waals surface area contributed by atoms with Gasteiger partial charge in [-0.25, -0.2) is 0 Å². The van der Waals surface area contributed by atoms with Crippen LogP contribution >= 0.6 is 0 Å². The summed E-state index contributed by atoms with van der Waals surface area (Å²) in [7, 11) is 0. The topological polar surface area (TPSA) is 34.4 Å². The predicted octanol–water partition coefficient (Wildman–Crippen LogP) is 3.90. The molecule has 0 saturated carbocycles. The van der Waals surface area contributed by atoms with Gasteiger partial charge in [0, 0.05) is 18.5 Å². The molecule has 0 amide bonds. The zero-order chi connectivity index (χ0) is 13.9. The van der Waals surface area contributed by atoms with Gasteiger partial charge in [-0.05, 0) is 39.8 Å². The van der Waals surface area contributed by atoms with Gasteiger partial charge in [0.2, 0.25) is 0 Å². The Hall–Kier alpha value is -1.32. The molecule has 0 radical (unpaired) electrons. The van der Waals surface area contributed by atoms with Crippen LogP contribution < -0.4 is 5.32 Å². The molecule has 0 aliphatic heterocycles. The molecule has 0 aliphatic rings. The first-order chi connectivity index (χ1) is 9.02. The van der Waals surface area contributed by atoms with Gasteiger partial charge in [-0.1, -0.05) is 18.2 Å². The van der Waals surface area contributed by atoms with E-state index < -0.39 is 0 Å². The summed E-state index contributed by atoms with van der Waals surface area (Å²) in [5.74, 6) is 0.966. The summed E-state index contributed by atoms with van der Waals surface area (Å²) in [6.07, 6.45) is 0. The third-order valence-electron chi connectivity index (χ3n) is 3.24. The molecule has 3 heteroatoms. The summed E-state index contributed by atoms with van der Waals surface area (Å²) < 4.78 is 11.5. The second kappa shape index (κ2) is 5.76. The molecule has 1 atom stereocenters. The van der Waals surface area contributed by atoms with Crippen molar-refractivity contribution in [2.24, 2.45) is 0 Å². The second-order valence-electron chi connectivity index (χ2n) is 5.48. The second-order valence-corrected chi connectivity index (χ2v) is 5.48. The molecule has 1 unspecified atom stereocenters. The molecule has 3 nitrogen and oxygen atoms in total. The average molecular weight is 261 g/mol. The third kappa shape index (κ3) is 3.58. The number of furan rings is 1. The number of benzene rings is 1. The van der Waals surface area contributed by atoms with Crippen LogP contribution in [0.5, 0.6) is 0 Å². The van der Waals surface area contributed by atoms with E-state index in [0.717, 1.165) is 29.9 Å². The Balaban J connectivity index is 2.01. The Morgan fingerprint density at radius 3 is 2.74 bits per heavy atom. The largest absolute Gasteiger partial charge is 0.459 e. The average Bonchev–Trinajstić information content (AvgIpc) is 2.79. The highest BCUT2D eigenvalue weighted by atomic mass is 16.5. The Labute approximate surface area is 114 Å². The molecule has 0 saturated heterocycles. The van der Waals surface area contributed by atoms with Gasteiger partial charge in [-0.2, -0.15) is 0 Å². The normalized spacial score (nSPS) is 13.9. The van der Waals surface area contributed by atoms with Crippen molar-refractivity contribution in [1.82, 2.24) is 5.32 Å². The smallest absolute Gasteiger partial charge is 0.134 e. The highest BCUT2D eigenvalue weighted by Crippen LogP contribution is 2.23. The maximum atomic E-state index is 5.85. The van der Waals surface area contributed by atoms with Crippen molar-refractivity contribution in [3.05, 3.63) is 36.1 Å². The van der Waals surface area contributed by atoms with Crippen molar-refractivity contribution in [3.8, 4) is 0 Å². The van der Waals surface area contributed by atoms with E-state index in [-0.39, 0.29) is 11.6 Å². The summed E-state index contributed by atoms with van der Waals surface area (Å²) in [4.78, 5) is 0. The summed E-state index contributed by atoms with van der Waals surface area (Å²) in [5, 5.41) is 4.61. The molecule has 2 aromatic rings. The minimum absolute atomic E-state index is 0.158. The number of ether oxygens (including phenoxy) is 1. The highest BCUT2D eigenvalue weighted by molar-refractivity contribution is 5.77. The van der Waals surface area contributed by atoms with Crippen LogP contribution in [0.3, 0.4) is 0 Å². The first-order valence-corrected chi connectivity index (χ1v) is 6.87. The van der Waals surface area contributed by atoms with Crippen molar-refractivity contribution in [3.63, 3.8) is 0 Å². The van der Waals surface area contributed by atoms with Crippen molar-refractivity contribution in [2.75, 3.05) is 13.2 Å². The molecule has 0 fully saturated rings. The molecule has 1 aromatic carbocycles. The van der Waals surface area contributed by atoms with Gasteiger partial charge in [-0.15, -0.1) is 0 Å². The summed E-state index contributed by atoms with van der Waals surface area (Å²) in [6, 6.07) is 10.4. The zero-order valence-electron chi connectivity index (χ0n) is 12.2. The number of fused-ring (bicyclic) bond motifs is 1. The van der Waals surface area contributed by atoms with Crippen molar-refractivity contribution in [2.45, 2.75) is 39.3 Å². The van der Waals surface area contributed by atoms with Gasteiger partial charge in [-0.3, -0.25) is 0 Å². The number of hydrogen-bond acceptors (Lipinski definition) is 3. The monoisotopic (exact) mass is 261 g/mol. The van der Waals surface area contributed by atoms with Gasteiger partial charge < -0.3 is 14.5 Å². The summed E-state index contributed by atoms with van der Waals surface area (Å²) in [6.45, 7) is 9.83. The van der Waals surface area contributed by atoms with Crippen LogP contribution in [0.1, 0.15) is 39.5 Å². The predicted molar refractivity (Wildman–Crippen MR) is 78.3 cm³/mol. The third-order valence-corrected chi connectivity index (χ3v) is 3.24. The summed E-state index contributed by atoms with van der Waals surface area (Å²) in [5.41, 5.74) is 0.782. The van der Waals surface area contributed by atoms with E-state index in [2.05, 4.69) is 38.2 Å². The first kappa shape index (κ1) is 14.1. The van der Waals surface area contributed by atoms with Gasteiger partial charge >= 0.3 is 0 Å². The standard InChI is InChI=1S/C16H23NO2/c1-5-18-16(3,4)11-17-12(2)15-10-13-8-6-7-9-14(13)19-15/h6-10,12,17H,5,11H2,1-4H3. The van der Waals surface area contributed by atoms with Crippen LogP contribution in [-0.4, -0.2) is 18.8 Å². The number of nitrogens with one attached hydrogen (secondary N) is 1. The zero-order valence-corrected chi connectivity index (χ0v) is 12.2. The lowest BCUT2D eigenvalue weighted by Crippen LogP contribution is -2.38. The molecule has 1 heterocycles. The van der Waals surface area contributed by atoms with E-state index in [1.54, 1.807) is 0 Å². The fourth-order valence-electron chi connectivity index (χ4n) is 2.16. The molecule has 0 spiro atoms. The molecule has 104 valence electrons. The molecule has 2 rings (SSSR count). The maximum Gasteiger partial charge on any atom is 0.134 e. The minimum Gasteiger partial charge on any atom is -0.459 e. The SMILES string of the molecule is CCOC(C)(C)CNC(C)c1cc2ccccc2o1. The lowest BCUT2D eigenvalue weighted by molar-refractivity contribution is -0.0106. The number of hydrogen-bond donors (Lipinski definition) is 1. The van der Waals surface area contributed by atoms with Gasteiger partial charge in [0.1, 0.15) is 11.3 Å². The van der Waals surface area contributed by atoms with Gasteiger partial charge in [0.05, 0.1) is 11.6 Å². The molecule has 1 N–H and O–H groups in total. The van der Waals surface area contributed by atoms with Crippen LogP contribution in [-0.2, 0) is 4.74 Å². The Bertz CT molecular complexity index is 497. The Morgan fingerprint density at radius 2 is 2.05 bits per heavy atom. The first-order valence-electron chi connectivity index (χ1n) is 6.87. The van der Waals surface area contributed by atoms with E-state index in [0.29, 0.717) is 0 Å². The van der Waals surface area contributed by atoms with Crippen molar-refractivity contribution >= 4 is 11.0 Å². The molecule has 0 bridgehead atoms. The van der Waals surface area contributed by atoms with Crippen LogP contribution in [0.25, 0.3) is 11.0 Å². The summed E-state index contributed by atoms with van der Waals surface area (Å²) >= 11 is 0. The van der Waals surface area contributed by atoms with Crippen molar-refractivity contribution in [1.29, 1.82) is 0 Å². The van der Waals surface area contributed by atoms with Crippen LogP contribution in [0.4, 0.5) is 0 Å². The number of para-hydroxylation sites is 1. The van der Waals surface area contributed by atoms with E-state index in [9.17, 15) is 0 Å². The van der Waals surface area contributed by atoms with Gasteiger partial charge in [0.15, 0.2) is 0 Å². The molecule has 1 aromatic heterocycles. The van der Waals surface area contributed by atoms with Crippen LogP contribution in [0, 0.1) is 0 Å². The fraction of sp³-hybridized carbons (Fsp3) is 0.500. The van der Waals surface area contributed by atoms with E-state index in [4.69, 9.17) is 9.15 Å². The van der Waals surface area contributed by atoms with Gasteiger partial charge in [0.25, 0.3) is 0 Å². The lowest BCUT2D eigenvalue weighted by atomic mass is 10.1. The molecule has 19 heavy (non-hydrogen) atoms. The van der Waals surface area contributed by atoms with E-state index in [1.807, 2.05) is 25.1 Å². The quantitative estimate of drug-likeness (QED) is 0.856. The molecular weight excluding hydrogens is 238 g/mol. The van der Waals surface area contributed by atoms with Crippen LogP contribution in [0.15, 0.2) is 34.7 Å². The highest BCUT2D eigenvalue weighted by Gasteiger charge is 2.20. The molecular formula is C16H23NO2. The van der Waals surface area contributed by atoms with Crippen molar-refractivity contribution < 1.29 is 9.15 Å². The molecule has 0 aliphatic carbocycles. The number of rotatable bonds is 6. The Morgan fingerprint density at radius 1 is 1.32 bits per heavy atom. The van der Waals surface area contributed by atoms with E-state index in [1.165, 1.54) is 0 Å².